The van der Waals surface area contributed by atoms with Crippen LogP contribution in [0, 0.1) is 6.92 Å². The SMILES string of the molecule is Cc1cccc(OCC(=O)NC(C)CC(O)c2ccco2)c1. The number of ether oxygens (including phenoxy) is 1. The normalized spacial score (nSPS) is 13.4. The number of nitrogens with one attached hydrogen (secondary N) is 1. The lowest BCUT2D eigenvalue weighted by Crippen LogP contribution is -2.37. The molecular weight excluding hydrogens is 282 g/mol. The molecule has 2 unspecified atom stereocenters. The van der Waals surface area contributed by atoms with E-state index < -0.39 is 6.10 Å². The third kappa shape index (κ3) is 4.93. The molecule has 2 rings (SSSR count). The van der Waals surface area contributed by atoms with Gasteiger partial charge in [-0.3, -0.25) is 4.79 Å². The van der Waals surface area contributed by atoms with Gasteiger partial charge in [0.15, 0.2) is 6.61 Å². The summed E-state index contributed by atoms with van der Waals surface area (Å²) in [5.41, 5.74) is 1.08. The topological polar surface area (TPSA) is 71.7 Å². The maximum Gasteiger partial charge on any atom is 0.258 e. The Morgan fingerprint density at radius 3 is 2.86 bits per heavy atom. The zero-order chi connectivity index (χ0) is 15.9. The van der Waals surface area contributed by atoms with E-state index in [2.05, 4.69) is 5.32 Å². The molecular formula is C17H21NO4. The first-order valence-electron chi connectivity index (χ1n) is 7.25. The Morgan fingerprint density at radius 2 is 2.18 bits per heavy atom. The summed E-state index contributed by atoms with van der Waals surface area (Å²) in [6.07, 6.45) is 1.16. The van der Waals surface area contributed by atoms with Gasteiger partial charge in [-0.05, 0) is 43.7 Å². The molecule has 0 fully saturated rings. The number of furan rings is 1. The Kier molecular flexibility index (Phi) is 5.61. The lowest BCUT2D eigenvalue weighted by molar-refractivity contribution is -0.123. The minimum absolute atomic E-state index is 0.0510. The zero-order valence-electron chi connectivity index (χ0n) is 12.8. The summed E-state index contributed by atoms with van der Waals surface area (Å²) in [5.74, 6) is 0.941. The summed E-state index contributed by atoms with van der Waals surface area (Å²) >= 11 is 0. The van der Waals surface area contributed by atoms with E-state index in [0.29, 0.717) is 17.9 Å². The van der Waals surface area contributed by atoms with Gasteiger partial charge in [-0.25, -0.2) is 0 Å². The molecule has 5 heteroatoms. The average molecular weight is 303 g/mol. The molecule has 0 radical (unpaired) electrons. The Morgan fingerprint density at radius 1 is 1.36 bits per heavy atom. The van der Waals surface area contributed by atoms with E-state index in [1.807, 2.05) is 38.1 Å². The Balaban J connectivity index is 1.74. The van der Waals surface area contributed by atoms with Crippen molar-refractivity contribution in [2.75, 3.05) is 6.61 Å². The summed E-state index contributed by atoms with van der Waals surface area (Å²) < 4.78 is 10.6. The number of aliphatic hydroxyl groups is 1. The minimum atomic E-state index is -0.733. The van der Waals surface area contributed by atoms with Crippen LogP contribution >= 0.6 is 0 Å². The number of benzene rings is 1. The Bertz CT molecular complexity index is 594. The first kappa shape index (κ1) is 16.1. The quantitative estimate of drug-likeness (QED) is 0.824. The molecule has 2 atom stereocenters. The lowest BCUT2D eigenvalue weighted by Gasteiger charge is -2.17. The highest BCUT2D eigenvalue weighted by atomic mass is 16.5. The largest absolute Gasteiger partial charge is 0.484 e. The second-order valence-electron chi connectivity index (χ2n) is 5.34. The molecule has 0 aliphatic rings. The highest BCUT2D eigenvalue weighted by Gasteiger charge is 2.16. The Labute approximate surface area is 129 Å². The first-order valence-corrected chi connectivity index (χ1v) is 7.25. The molecule has 5 nitrogen and oxygen atoms in total. The van der Waals surface area contributed by atoms with Crippen LogP contribution in [0.5, 0.6) is 5.75 Å². The van der Waals surface area contributed by atoms with Gasteiger partial charge in [0.1, 0.15) is 17.6 Å². The zero-order valence-corrected chi connectivity index (χ0v) is 12.8. The van der Waals surface area contributed by atoms with Crippen LogP contribution in [0.4, 0.5) is 0 Å². The van der Waals surface area contributed by atoms with Crippen molar-refractivity contribution in [2.45, 2.75) is 32.4 Å². The van der Waals surface area contributed by atoms with Crippen molar-refractivity contribution in [1.29, 1.82) is 0 Å². The molecule has 1 aromatic carbocycles. The number of aliphatic hydroxyl groups excluding tert-OH is 1. The van der Waals surface area contributed by atoms with Crippen LogP contribution in [-0.2, 0) is 4.79 Å². The van der Waals surface area contributed by atoms with Gasteiger partial charge >= 0.3 is 0 Å². The van der Waals surface area contributed by atoms with Gasteiger partial charge in [0.05, 0.1) is 6.26 Å². The molecule has 0 bridgehead atoms. The number of rotatable bonds is 7. The summed E-state index contributed by atoms with van der Waals surface area (Å²) in [6.45, 7) is 3.74. The van der Waals surface area contributed by atoms with Crippen molar-refractivity contribution in [2.24, 2.45) is 0 Å². The van der Waals surface area contributed by atoms with Gasteiger partial charge in [-0.1, -0.05) is 12.1 Å². The third-order valence-electron chi connectivity index (χ3n) is 3.22. The van der Waals surface area contributed by atoms with Crippen LogP contribution in [-0.4, -0.2) is 23.7 Å². The van der Waals surface area contributed by atoms with Gasteiger partial charge in [0.2, 0.25) is 0 Å². The number of hydrogen-bond acceptors (Lipinski definition) is 4. The lowest BCUT2D eigenvalue weighted by atomic mass is 10.1. The molecule has 0 saturated carbocycles. The first-order chi connectivity index (χ1) is 10.5. The molecule has 2 aromatic rings. The van der Waals surface area contributed by atoms with Crippen molar-refractivity contribution in [1.82, 2.24) is 5.32 Å². The van der Waals surface area contributed by atoms with Gasteiger partial charge in [-0.2, -0.15) is 0 Å². The van der Waals surface area contributed by atoms with Crippen molar-refractivity contribution in [3.05, 3.63) is 54.0 Å². The maximum atomic E-state index is 11.8. The van der Waals surface area contributed by atoms with Gasteiger partial charge < -0.3 is 19.6 Å². The smallest absolute Gasteiger partial charge is 0.258 e. The number of aryl methyl sites for hydroxylation is 1. The second kappa shape index (κ2) is 7.66. The molecule has 0 spiro atoms. The monoisotopic (exact) mass is 303 g/mol. The maximum absolute atomic E-state index is 11.8. The van der Waals surface area contributed by atoms with Gasteiger partial charge in [0, 0.05) is 12.5 Å². The van der Waals surface area contributed by atoms with Crippen LogP contribution in [0.15, 0.2) is 47.1 Å². The summed E-state index contributed by atoms with van der Waals surface area (Å²) in [6, 6.07) is 10.8. The molecule has 0 aliphatic carbocycles. The molecule has 1 amide bonds. The van der Waals surface area contributed by atoms with Crippen molar-refractivity contribution >= 4 is 5.91 Å². The number of amides is 1. The van der Waals surface area contributed by atoms with Crippen LogP contribution in [0.2, 0.25) is 0 Å². The Hall–Kier alpha value is -2.27. The number of hydrogen-bond donors (Lipinski definition) is 2. The fourth-order valence-corrected chi connectivity index (χ4v) is 2.16. The van der Waals surface area contributed by atoms with Gasteiger partial charge in [-0.15, -0.1) is 0 Å². The number of carbonyl (C=O) groups is 1. The molecule has 118 valence electrons. The fraction of sp³-hybridized carbons (Fsp3) is 0.353. The van der Waals surface area contributed by atoms with E-state index in [1.165, 1.54) is 6.26 Å². The molecule has 1 aromatic heterocycles. The summed E-state index contributed by atoms with van der Waals surface area (Å²) in [4.78, 5) is 11.8. The highest BCUT2D eigenvalue weighted by molar-refractivity contribution is 5.77. The van der Waals surface area contributed by atoms with E-state index in [9.17, 15) is 9.90 Å². The van der Waals surface area contributed by atoms with Gasteiger partial charge in [0.25, 0.3) is 5.91 Å². The fourth-order valence-electron chi connectivity index (χ4n) is 2.16. The van der Waals surface area contributed by atoms with E-state index in [0.717, 1.165) is 5.56 Å². The van der Waals surface area contributed by atoms with E-state index in [-0.39, 0.29) is 18.6 Å². The van der Waals surface area contributed by atoms with E-state index in [4.69, 9.17) is 9.15 Å². The predicted molar refractivity (Wildman–Crippen MR) is 82.6 cm³/mol. The van der Waals surface area contributed by atoms with Crippen LogP contribution in [0.3, 0.4) is 0 Å². The molecule has 22 heavy (non-hydrogen) atoms. The van der Waals surface area contributed by atoms with Crippen LogP contribution < -0.4 is 10.1 Å². The molecule has 0 saturated heterocycles. The minimum Gasteiger partial charge on any atom is -0.484 e. The second-order valence-corrected chi connectivity index (χ2v) is 5.34. The molecule has 0 aliphatic heterocycles. The molecule has 1 heterocycles. The standard InChI is InChI=1S/C17H21NO4/c1-12-5-3-6-14(9-12)22-11-17(20)18-13(2)10-15(19)16-7-4-8-21-16/h3-9,13,15,19H,10-11H2,1-2H3,(H,18,20). The van der Waals surface area contributed by atoms with Crippen LogP contribution in [0.25, 0.3) is 0 Å². The van der Waals surface area contributed by atoms with E-state index in [1.54, 1.807) is 12.1 Å². The number of carbonyl (C=O) groups excluding carboxylic acids is 1. The van der Waals surface area contributed by atoms with Crippen LogP contribution in [0.1, 0.15) is 30.8 Å². The average Bonchev–Trinajstić information content (AvgIpc) is 2.99. The highest BCUT2D eigenvalue weighted by Crippen LogP contribution is 2.18. The van der Waals surface area contributed by atoms with Crippen molar-refractivity contribution in [3.63, 3.8) is 0 Å². The summed E-state index contributed by atoms with van der Waals surface area (Å²) in [5, 5.41) is 12.7. The third-order valence-corrected chi connectivity index (χ3v) is 3.22. The van der Waals surface area contributed by atoms with E-state index >= 15 is 0 Å². The molecule has 2 N–H and O–H groups in total. The van der Waals surface area contributed by atoms with Crippen molar-refractivity contribution < 1.29 is 19.1 Å². The summed E-state index contributed by atoms with van der Waals surface area (Å²) in [7, 11) is 0. The van der Waals surface area contributed by atoms with Crippen molar-refractivity contribution in [3.8, 4) is 5.75 Å². The predicted octanol–water partition coefficient (Wildman–Crippen LogP) is 2.60.